The fourth-order valence-corrected chi connectivity index (χ4v) is 5.36. The molecule has 4 bridgehead atoms. The highest BCUT2D eigenvalue weighted by Crippen LogP contribution is 2.56. The quantitative estimate of drug-likeness (QED) is 0.750. The Morgan fingerprint density at radius 2 is 2.18 bits per heavy atom. The minimum absolute atomic E-state index is 0.0201. The van der Waals surface area contributed by atoms with E-state index in [1.54, 1.807) is 14.2 Å². The van der Waals surface area contributed by atoms with Crippen LogP contribution in [0.15, 0.2) is 42.6 Å². The number of ether oxygens (including phenoxy) is 4. The molecule has 2 N–H and O–H groups in total. The van der Waals surface area contributed by atoms with Gasteiger partial charge in [-0.25, -0.2) is 0 Å². The van der Waals surface area contributed by atoms with Crippen molar-refractivity contribution in [2.45, 2.75) is 43.7 Å². The number of fused-ring (bicyclic) bond motifs is 2. The molecule has 3 saturated heterocycles. The van der Waals surface area contributed by atoms with Gasteiger partial charge in [-0.15, -0.1) is 0 Å². The molecule has 28 heavy (non-hydrogen) atoms. The number of rotatable bonds is 6. The molecule has 0 unspecified atom stereocenters. The first-order valence-corrected chi connectivity index (χ1v) is 10.0. The minimum atomic E-state index is -0.674. The van der Waals surface area contributed by atoms with Gasteiger partial charge in [0.1, 0.15) is 0 Å². The smallest absolute Gasteiger partial charge is 0.186 e. The number of H-pyrrole nitrogens is 1. The lowest BCUT2D eigenvalue weighted by molar-refractivity contribution is -0.445. The van der Waals surface area contributed by atoms with Crippen LogP contribution in [0.1, 0.15) is 18.4 Å². The van der Waals surface area contributed by atoms with Crippen molar-refractivity contribution >= 4 is 10.9 Å². The lowest BCUT2D eigenvalue weighted by Gasteiger charge is -2.61. The van der Waals surface area contributed by atoms with E-state index in [0.29, 0.717) is 6.04 Å². The second-order valence-electron chi connectivity index (χ2n) is 8.11. The molecule has 6 heteroatoms. The lowest BCUT2D eigenvalue weighted by atomic mass is 9.66. The summed E-state index contributed by atoms with van der Waals surface area (Å²) in [5.41, 5.74) is 3.54. The first-order valence-electron chi connectivity index (χ1n) is 10.0. The molecule has 150 valence electrons. The van der Waals surface area contributed by atoms with Gasteiger partial charge >= 0.3 is 0 Å². The Kier molecular flexibility index (Phi) is 4.56. The normalized spacial score (nSPS) is 36.9. The first kappa shape index (κ1) is 18.3. The molecule has 3 aliphatic heterocycles. The van der Waals surface area contributed by atoms with Gasteiger partial charge in [0.05, 0.1) is 5.92 Å². The Morgan fingerprint density at radius 1 is 1.32 bits per heavy atom. The van der Waals surface area contributed by atoms with Gasteiger partial charge in [0, 0.05) is 43.8 Å². The molecule has 0 radical (unpaired) electrons. The lowest BCUT2D eigenvalue weighted by Crippen LogP contribution is -2.69. The molecular weight excluding hydrogens is 356 g/mol. The van der Waals surface area contributed by atoms with Crippen LogP contribution in [0.4, 0.5) is 0 Å². The second kappa shape index (κ2) is 6.97. The van der Waals surface area contributed by atoms with Crippen LogP contribution in [0.2, 0.25) is 0 Å². The predicted molar refractivity (Wildman–Crippen MR) is 106 cm³/mol. The van der Waals surface area contributed by atoms with Gasteiger partial charge in [0.2, 0.25) is 0 Å². The molecule has 1 aromatic heterocycles. The van der Waals surface area contributed by atoms with E-state index in [0.717, 1.165) is 31.4 Å². The van der Waals surface area contributed by atoms with E-state index in [1.807, 2.05) is 0 Å². The summed E-state index contributed by atoms with van der Waals surface area (Å²) in [4.78, 5) is 3.35. The number of hydrogen-bond acceptors (Lipinski definition) is 5. The van der Waals surface area contributed by atoms with Crippen LogP contribution in [0.3, 0.4) is 0 Å². The number of nitrogens with one attached hydrogen (secondary N) is 2. The SMILES string of the molecule is C=C1[C@@H]2O[C@@H](OC)[C@H]3[C@@H]1C[C@H](NCCc1c[nH]c4ccccc14)C[C@@]3(OC)O2. The predicted octanol–water partition coefficient (Wildman–Crippen LogP) is 2.95. The molecule has 1 saturated carbocycles. The summed E-state index contributed by atoms with van der Waals surface area (Å²) >= 11 is 0. The minimum Gasteiger partial charge on any atom is -0.361 e. The van der Waals surface area contributed by atoms with Gasteiger partial charge in [0.25, 0.3) is 0 Å². The maximum Gasteiger partial charge on any atom is 0.186 e. The molecule has 4 aliphatic rings. The summed E-state index contributed by atoms with van der Waals surface area (Å²) in [6.45, 7) is 5.15. The Hall–Kier alpha value is -1.70. The zero-order valence-corrected chi connectivity index (χ0v) is 16.4. The number of hydrogen-bond donors (Lipinski definition) is 2. The first-order chi connectivity index (χ1) is 13.6. The van der Waals surface area contributed by atoms with E-state index in [2.05, 4.69) is 47.3 Å². The third-order valence-corrected chi connectivity index (χ3v) is 6.73. The van der Waals surface area contributed by atoms with Gasteiger partial charge in [-0.05, 0) is 42.5 Å². The summed E-state index contributed by atoms with van der Waals surface area (Å²) in [7, 11) is 3.41. The maximum atomic E-state index is 6.21. The van der Waals surface area contributed by atoms with E-state index in [1.165, 1.54) is 16.5 Å². The molecule has 6 atom stereocenters. The fourth-order valence-electron chi connectivity index (χ4n) is 5.36. The highest BCUT2D eigenvalue weighted by molar-refractivity contribution is 5.83. The zero-order valence-electron chi connectivity index (χ0n) is 16.4. The molecule has 6 rings (SSSR count). The zero-order chi connectivity index (χ0) is 19.3. The Labute approximate surface area is 165 Å². The van der Waals surface area contributed by atoms with Crippen molar-refractivity contribution in [3.8, 4) is 0 Å². The van der Waals surface area contributed by atoms with Crippen molar-refractivity contribution in [2.75, 3.05) is 20.8 Å². The number of aromatic nitrogens is 1. The summed E-state index contributed by atoms with van der Waals surface area (Å²) < 4.78 is 23.6. The van der Waals surface area contributed by atoms with E-state index in [4.69, 9.17) is 18.9 Å². The fraction of sp³-hybridized carbons (Fsp3) is 0.545. The highest BCUT2D eigenvalue weighted by Gasteiger charge is 2.64. The van der Waals surface area contributed by atoms with Crippen LogP contribution in [-0.4, -0.2) is 50.2 Å². The standard InChI is InChI=1S/C22H28N2O4/c1-13-17-10-15(11-22(26-3)19(17)21(25-2)27-20(13)28-22)23-9-8-14-12-24-18-7-5-4-6-16(14)18/h4-7,12,15,17,19-21,23-24H,1,8-11H2,2-3H3/t15-,17+,19+,20+,21+,22+/m0/s1. The second-order valence-corrected chi connectivity index (χ2v) is 8.11. The van der Waals surface area contributed by atoms with Crippen molar-refractivity contribution in [3.63, 3.8) is 0 Å². The number of methoxy groups -OCH3 is 2. The van der Waals surface area contributed by atoms with Crippen LogP contribution >= 0.6 is 0 Å². The van der Waals surface area contributed by atoms with Gasteiger partial charge in [-0.1, -0.05) is 24.8 Å². The third kappa shape index (κ3) is 2.75. The summed E-state index contributed by atoms with van der Waals surface area (Å²) in [6, 6.07) is 8.74. The number of para-hydroxylation sites is 1. The van der Waals surface area contributed by atoms with Crippen LogP contribution in [0.5, 0.6) is 0 Å². The van der Waals surface area contributed by atoms with E-state index < -0.39 is 12.1 Å². The molecule has 1 aromatic carbocycles. The van der Waals surface area contributed by atoms with E-state index in [-0.39, 0.29) is 18.1 Å². The average molecular weight is 384 g/mol. The Bertz CT molecular complexity index is 880. The monoisotopic (exact) mass is 384 g/mol. The number of aromatic amines is 1. The van der Waals surface area contributed by atoms with Gasteiger partial charge in [-0.2, -0.15) is 0 Å². The van der Waals surface area contributed by atoms with Gasteiger partial charge in [0.15, 0.2) is 18.4 Å². The molecule has 4 fully saturated rings. The van der Waals surface area contributed by atoms with Crippen molar-refractivity contribution in [3.05, 3.63) is 48.2 Å². The van der Waals surface area contributed by atoms with Crippen LogP contribution in [0, 0.1) is 11.8 Å². The van der Waals surface area contributed by atoms with Crippen LogP contribution in [0.25, 0.3) is 10.9 Å². The highest BCUT2D eigenvalue weighted by atomic mass is 16.8. The van der Waals surface area contributed by atoms with Crippen molar-refractivity contribution in [1.82, 2.24) is 10.3 Å². The largest absolute Gasteiger partial charge is 0.361 e. The average Bonchev–Trinajstić information content (AvgIpc) is 3.14. The van der Waals surface area contributed by atoms with E-state index >= 15 is 0 Å². The molecule has 0 amide bonds. The summed E-state index contributed by atoms with van der Waals surface area (Å²) in [5.74, 6) is -0.380. The van der Waals surface area contributed by atoms with Gasteiger partial charge in [-0.3, -0.25) is 0 Å². The van der Waals surface area contributed by atoms with Crippen LogP contribution < -0.4 is 5.32 Å². The van der Waals surface area contributed by atoms with E-state index in [9.17, 15) is 0 Å². The molecule has 2 aromatic rings. The molecule has 1 aliphatic carbocycles. The maximum absolute atomic E-state index is 6.21. The van der Waals surface area contributed by atoms with Crippen molar-refractivity contribution in [1.29, 1.82) is 0 Å². The molecule has 0 spiro atoms. The van der Waals surface area contributed by atoms with Crippen LogP contribution in [-0.2, 0) is 25.4 Å². The van der Waals surface area contributed by atoms with Gasteiger partial charge < -0.3 is 29.2 Å². The molecular formula is C22H28N2O4. The molecule has 4 heterocycles. The Morgan fingerprint density at radius 3 is 3.00 bits per heavy atom. The summed E-state index contributed by atoms with van der Waals surface area (Å²) in [6.07, 6.45) is 4.14. The topological polar surface area (TPSA) is 64.7 Å². The molecule has 6 nitrogen and oxygen atoms in total. The van der Waals surface area contributed by atoms with Crippen molar-refractivity contribution in [2.24, 2.45) is 11.8 Å². The number of benzene rings is 1. The van der Waals surface area contributed by atoms with Crippen molar-refractivity contribution < 1.29 is 18.9 Å². The summed E-state index contributed by atoms with van der Waals surface area (Å²) in [5, 5.41) is 5.03. The Balaban J connectivity index is 1.28. The third-order valence-electron chi connectivity index (χ3n) is 6.73.